The maximum Gasteiger partial charge on any atom is 0.234 e. The number of amides is 1. The molecule has 0 aliphatic carbocycles. The quantitative estimate of drug-likeness (QED) is 0.811. The Labute approximate surface area is 140 Å². The number of thioether (sulfide) groups is 1. The molecule has 0 saturated carbocycles. The molecule has 0 spiro atoms. The Morgan fingerprint density at radius 3 is 2.96 bits per heavy atom. The number of nitrogens with two attached hydrogens (primary N) is 1. The molecule has 2 heterocycles. The maximum atomic E-state index is 13.3. The van der Waals surface area contributed by atoms with Gasteiger partial charge in [-0.05, 0) is 54.3 Å². The molecule has 0 radical (unpaired) electrons. The van der Waals surface area contributed by atoms with Gasteiger partial charge in [-0.3, -0.25) is 4.79 Å². The second kappa shape index (κ2) is 5.93. The van der Waals surface area contributed by atoms with E-state index in [2.05, 4.69) is 18.2 Å². The number of rotatable bonds is 1. The highest BCUT2D eigenvalue weighted by atomic mass is 32.2. The molecule has 3 nitrogen and oxygen atoms in total. The van der Waals surface area contributed by atoms with Crippen LogP contribution in [0.3, 0.4) is 0 Å². The van der Waals surface area contributed by atoms with E-state index in [1.54, 1.807) is 0 Å². The molecule has 2 N–H and O–H groups in total. The molecule has 2 aromatic rings. The Bertz CT molecular complexity index is 759. The minimum absolute atomic E-state index is 0.0279. The highest BCUT2D eigenvalue weighted by Gasteiger charge is 2.33. The number of nitrogens with zero attached hydrogens (tertiary/aromatic N) is 1. The van der Waals surface area contributed by atoms with Crippen LogP contribution >= 0.6 is 11.8 Å². The van der Waals surface area contributed by atoms with Crippen molar-refractivity contribution in [3.05, 3.63) is 53.6 Å². The normalized spacial score (nSPS) is 19.8. The lowest BCUT2D eigenvalue weighted by atomic mass is 9.92. The Balaban J connectivity index is 1.71. The fourth-order valence-corrected chi connectivity index (χ4v) is 4.79. The highest BCUT2D eigenvalue weighted by Crippen LogP contribution is 2.40. The Morgan fingerprint density at radius 2 is 2.04 bits per heavy atom. The third-order valence-electron chi connectivity index (χ3n) is 4.81. The van der Waals surface area contributed by atoms with Crippen molar-refractivity contribution in [1.82, 2.24) is 0 Å². The second-order valence-electron chi connectivity index (χ2n) is 6.17. The molecule has 1 amide bonds. The summed E-state index contributed by atoms with van der Waals surface area (Å²) in [4.78, 5) is 16.5. The first-order chi connectivity index (χ1) is 11.3. The lowest BCUT2D eigenvalue weighted by Crippen LogP contribution is -2.39. The summed E-state index contributed by atoms with van der Waals surface area (Å²) in [5.74, 6) is 1.20. The number of anilines is 2. The van der Waals surface area contributed by atoms with Crippen LogP contribution < -0.4 is 10.6 Å². The summed E-state index contributed by atoms with van der Waals surface area (Å²) in [6, 6.07) is 14.2. The zero-order chi connectivity index (χ0) is 15.8. The fourth-order valence-electron chi connectivity index (χ4n) is 3.67. The Kier molecular flexibility index (Phi) is 3.77. The van der Waals surface area contributed by atoms with E-state index >= 15 is 0 Å². The lowest BCUT2D eigenvalue weighted by molar-refractivity contribution is -0.120. The summed E-state index contributed by atoms with van der Waals surface area (Å²) in [6.45, 7) is 0.793. The molecule has 2 aromatic carbocycles. The Hall–Kier alpha value is -1.94. The van der Waals surface area contributed by atoms with Crippen molar-refractivity contribution in [2.45, 2.75) is 30.1 Å². The molecule has 1 atom stereocenters. The molecule has 4 rings (SSSR count). The van der Waals surface area contributed by atoms with E-state index in [1.807, 2.05) is 40.9 Å². The van der Waals surface area contributed by atoms with Gasteiger partial charge in [0.15, 0.2) is 0 Å². The average molecular weight is 324 g/mol. The minimum Gasteiger partial charge on any atom is -0.398 e. The molecule has 0 bridgehead atoms. The van der Waals surface area contributed by atoms with Gasteiger partial charge in [0.1, 0.15) is 0 Å². The van der Waals surface area contributed by atoms with Crippen LogP contribution in [0, 0.1) is 0 Å². The number of carbonyl (C=O) groups excluding carboxylic acids is 1. The van der Waals surface area contributed by atoms with Crippen molar-refractivity contribution in [2.75, 3.05) is 22.9 Å². The van der Waals surface area contributed by atoms with Gasteiger partial charge in [0, 0.05) is 22.8 Å². The predicted molar refractivity (Wildman–Crippen MR) is 96.1 cm³/mol. The lowest BCUT2D eigenvalue weighted by Gasteiger charge is -2.34. The number of fused-ring (bicyclic) bond motifs is 2. The largest absolute Gasteiger partial charge is 0.398 e. The molecule has 4 heteroatoms. The molecule has 2 aliphatic rings. The summed E-state index contributed by atoms with van der Waals surface area (Å²) in [5.41, 5.74) is 10.2. The SMILES string of the molecule is Nc1cccc2c1CCCN2C(=O)C1CCSc2ccccc21. The number of hydrogen-bond acceptors (Lipinski definition) is 3. The third kappa shape index (κ3) is 2.51. The van der Waals surface area contributed by atoms with E-state index in [1.165, 1.54) is 10.5 Å². The van der Waals surface area contributed by atoms with Crippen molar-refractivity contribution >= 4 is 29.0 Å². The molecule has 1 unspecified atom stereocenters. The molecule has 23 heavy (non-hydrogen) atoms. The Morgan fingerprint density at radius 1 is 1.17 bits per heavy atom. The van der Waals surface area contributed by atoms with Gasteiger partial charge in [0.2, 0.25) is 5.91 Å². The van der Waals surface area contributed by atoms with Crippen molar-refractivity contribution in [1.29, 1.82) is 0 Å². The zero-order valence-corrected chi connectivity index (χ0v) is 13.8. The number of benzene rings is 2. The van der Waals surface area contributed by atoms with E-state index in [9.17, 15) is 4.79 Å². The van der Waals surface area contributed by atoms with Crippen molar-refractivity contribution in [3.63, 3.8) is 0 Å². The topological polar surface area (TPSA) is 46.3 Å². The molecular formula is C19H20N2OS. The number of nitrogen functional groups attached to an aromatic ring is 1. The van der Waals surface area contributed by atoms with Gasteiger partial charge in [-0.25, -0.2) is 0 Å². The maximum absolute atomic E-state index is 13.3. The number of carbonyl (C=O) groups is 1. The summed E-state index contributed by atoms with van der Waals surface area (Å²) in [7, 11) is 0. The van der Waals surface area contributed by atoms with Crippen LogP contribution in [0.4, 0.5) is 11.4 Å². The molecule has 0 aromatic heterocycles. The standard InChI is InChI=1S/C19H20N2OS/c20-16-7-3-8-17-15(16)6-4-11-21(17)19(22)14-10-12-23-18-9-2-1-5-13(14)18/h1-3,5,7-9,14H,4,6,10-12,20H2. The van der Waals surface area contributed by atoms with E-state index < -0.39 is 0 Å². The van der Waals surface area contributed by atoms with Crippen LogP contribution in [0.15, 0.2) is 47.4 Å². The van der Waals surface area contributed by atoms with Crippen LogP contribution in [0.5, 0.6) is 0 Å². The van der Waals surface area contributed by atoms with Gasteiger partial charge in [0.05, 0.1) is 5.92 Å². The molecule has 118 valence electrons. The smallest absolute Gasteiger partial charge is 0.234 e. The first-order valence-electron chi connectivity index (χ1n) is 8.16. The van der Waals surface area contributed by atoms with Crippen molar-refractivity contribution in [3.8, 4) is 0 Å². The summed E-state index contributed by atoms with van der Waals surface area (Å²) in [6.07, 6.45) is 2.85. The van der Waals surface area contributed by atoms with Crippen LogP contribution in [0.2, 0.25) is 0 Å². The molecular weight excluding hydrogens is 304 g/mol. The van der Waals surface area contributed by atoms with Gasteiger partial charge >= 0.3 is 0 Å². The molecule has 0 fully saturated rings. The van der Waals surface area contributed by atoms with Gasteiger partial charge in [-0.2, -0.15) is 0 Å². The van der Waals surface area contributed by atoms with E-state index in [-0.39, 0.29) is 11.8 Å². The first kappa shape index (κ1) is 14.6. The van der Waals surface area contributed by atoms with Crippen LogP contribution in [0.25, 0.3) is 0 Å². The van der Waals surface area contributed by atoms with E-state index in [0.717, 1.165) is 48.5 Å². The van der Waals surface area contributed by atoms with Crippen LogP contribution in [-0.2, 0) is 11.2 Å². The third-order valence-corrected chi connectivity index (χ3v) is 5.93. The number of hydrogen-bond donors (Lipinski definition) is 1. The highest BCUT2D eigenvalue weighted by molar-refractivity contribution is 7.99. The second-order valence-corrected chi connectivity index (χ2v) is 7.30. The predicted octanol–water partition coefficient (Wildman–Crippen LogP) is 3.83. The van der Waals surface area contributed by atoms with Crippen LogP contribution in [-0.4, -0.2) is 18.2 Å². The monoisotopic (exact) mass is 324 g/mol. The summed E-state index contributed by atoms with van der Waals surface area (Å²) < 4.78 is 0. The summed E-state index contributed by atoms with van der Waals surface area (Å²) >= 11 is 1.85. The minimum atomic E-state index is -0.0279. The molecule has 2 aliphatic heterocycles. The summed E-state index contributed by atoms with van der Waals surface area (Å²) in [5, 5.41) is 0. The van der Waals surface area contributed by atoms with Gasteiger partial charge < -0.3 is 10.6 Å². The van der Waals surface area contributed by atoms with Gasteiger partial charge in [-0.1, -0.05) is 24.3 Å². The first-order valence-corrected chi connectivity index (χ1v) is 9.15. The zero-order valence-electron chi connectivity index (χ0n) is 13.0. The fraction of sp³-hybridized carbons (Fsp3) is 0.316. The molecule has 0 saturated heterocycles. The van der Waals surface area contributed by atoms with E-state index in [0.29, 0.717) is 0 Å². The van der Waals surface area contributed by atoms with Crippen LogP contribution in [0.1, 0.15) is 29.9 Å². The average Bonchev–Trinajstić information content (AvgIpc) is 2.60. The van der Waals surface area contributed by atoms with Gasteiger partial charge in [-0.15, -0.1) is 11.8 Å². The van der Waals surface area contributed by atoms with Gasteiger partial charge in [0.25, 0.3) is 0 Å². The van der Waals surface area contributed by atoms with E-state index in [4.69, 9.17) is 5.73 Å². The van der Waals surface area contributed by atoms with Crippen molar-refractivity contribution in [2.24, 2.45) is 0 Å². The van der Waals surface area contributed by atoms with Crippen molar-refractivity contribution < 1.29 is 4.79 Å².